The molecule has 90 valence electrons. The molecule has 0 aliphatic heterocycles. The van der Waals surface area contributed by atoms with Gasteiger partial charge in [-0.1, -0.05) is 23.0 Å². The number of nitrogens with two attached hydrogens (primary N) is 1. The van der Waals surface area contributed by atoms with E-state index >= 15 is 0 Å². The highest BCUT2D eigenvalue weighted by Gasteiger charge is 2.19. The second-order valence-corrected chi connectivity index (χ2v) is 4.77. The molecule has 0 aliphatic carbocycles. The second kappa shape index (κ2) is 5.08. The van der Waals surface area contributed by atoms with Crippen molar-refractivity contribution < 1.29 is 4.39 Å². The lowest BCUT2D eigenvalue weighted by Crippen LogP contribution is -2.13. The molecule has 0 spiro atoms. The van der Waals surface area contributed by atoms with Crippen LogP contribution in [0.4, 0.5) is 4.39 Å². The van der Waals surface area contributed by atoms with Gasteiger partial charge in [0.05, 0.1) is 16.6 Å². The molecule has 0 amide bonds. The van der Waals surface area contributed by atoms with Crippen LogP contribution in [-0.4, -0.2) is 9.59 Å². The van der Waals surface area contributed by atoms with Crippen LogP contribution in [0.15, 0.2) is 18.2 Å². The van der Waals surface area contributed by atoms with Crippen LogP contribution in [0.1, 0.15) is 29.1 Å². The van der Waals surface area contributed by atoms with Crippen LogP contribution in [0.25, 0.3) is 0 Å². The lowest BCUT2D eigenvalue weighted by atomic mass is 10.0. The topological polar surface area (TPSA) is 51.8 Å². The Labute approximate surface area is 108 Å². The summed E-state index contributed by atoms with van der Waals surface area (Å²) >= 11 is 7.25. The maximum absolute atomic E-state index is 13.2. The summed E-state index contributed by atoms with van der Waals surface area (Å²) in [5.41, 5.74) is 7.48. The number of aromatic nitrogens is 2. The fourth-order valence-corrected chi connectivity index (χ4v) is 2.58. The highest BCUT2D eigenvalue weighted by atomic mass is 35.5. The van der Waals surface area contributed by atoms with E-state index in [4.69, 9.17) is 17.3 Å². The van der Waals surface area contributed by atoms with E-state index in [9.17, 15) is 4.39 Å². The predicted molar refractivity (Wildman–Crippen MR) is 66.7 cm³/mol. The van der Waals surface area contributed by atoms with Crippen molar-refractivity contribution >= 4 is 23.1 Å². The van der Waals surface area contributed by atoms with Crippen molar-refractivity contribution in [3.8, 4) is 0 Å². The molecule has 2 N–H and O–H groups in total. The van der Waals surface area contributed by atoms with Crippen molar-refractivity contribution in [2.75, 3.05) is 0 Å². The van der Waals surface area contributed by atoms with E-state index in [0.29, 0.717) is 10.6 Å². The van der Waals surface area contributed by atoms with Gasteiger partial charge < -0.3 is 5.73 Å². The number of aryl methyl sites for hydroxylation is 1. The molecule has 0 radical (unpaired) electrons. The first-order chi connectivity index (χ1) is 8.13. The quantitative estimate of drug-likeness (QED) is 0.934. The average Bonchev–Trinajstić information content (AvgIpc) is 2.79. The first kappa shape index (κ1) is 12.4. The van der Waals surface area contributed by atoms with E-state index in [1.54, 1.807) is 0 Å². The summed E-state index contributed by atoms with van der Waals surface area (Å²) in [6.45, 7) is 1.97. The predicted octanol–water partition coefficient (Wildman–Crippen LogP) is 2.94. The first-order valence-electron chi connectivity index (χ1n) is 5.15. The van der Waals surface area contributed by atoms with Gasteiger partial charge in [-0.2, -0.15) is 0 Å². The largest absolute Gasteiger partial charge is 0.319 e. The minimum atomic E-state index is -0.479. The average molecular weight is 272 g/mol. The van der Waals surface area contributed by atoms with Gasteiger partial charge in [0.1, 0.15) is 5.82 Å². The van der Waals surface area contributed by atoms with E-state index in [1.165, 1.54) is 29.7 Å². The first-order valence-corrected chi connectivity index (χ1v) is 6.30. The number of nitrogens with zero attached hydrogens (tertiary/aromatic N) is 2. The molecular weight excluding hydrogens is 261 g/mol. The number of hydrogen-bond acceptors (Lipinski definition) is 4. The van der Waals surface area contributed by atoms with Gasteiger partial charge >= 0.3 is 0 Å². The molecule has 1 unspecified atom stereocenters. The molecule has 1 aromatic heterocycles. The maximum Gasteiger partial charge on any atom is 0.123 e. The third-order valence-corrected chi connectivity index (χ3v) is 3.69. The molecule has 0 fully saturated rings. The Bertz CT molecular complexity index is 529. The van der Waals surface area contributed by atoms with Crippen molar-refractivity contribution in [3.63, 3.8) is 0 Å². The van der Waals surface area contributed by atoms with E-state index in [-0.39, 0.29) is 5.82 Å². The molecule has 17 heavy (non-hydrogen) atoms. The highest BCUT2D eigenvalue weighted by molar-refractivity contribution is 7.05. The fraction of sp³-hybridized carbons (Fsp3) is 0.273. The molecule has 1 heterocycles. The number of halogens is 2. The van der Waals surface area contributed by atoms with E-state index in [0.717, 1.165) is 17.0 Å². The summed E-state index contributed by atoms with van der Waals surface area (Å²) < 4.78 is 17.1. The van der Waals surface area contributed by atoms with E-state index in [2.05, 4.69) is 9.59 Å². The minimum Gasteiger partial charge on any atom is -0.319 e. The van der Waals surface area contributed by atoms with Gasteiger partial charge in [-0.3, -0.25) is 0 Å². The molecular formula is C11H11ClFN3S. The zero-order chi connectivity index (χ0) is 12.4. The van der Waals surface area contributed by atoms with Gasteiger partial charge in [-0.25, -0.2) is 4.39 Å². The van der Waals surface area contributed by atoms with Gasteiger partial charge in [-0.05, 0) is 41.7 Å². The van der Waals surface area contributed by atoms with Crippen molar-refractivity contribution in [2.45, 2.75) is 19.4 Å². The summed E-state index contributed by atoms with van der Waals surface area (Å²) in [6.07, 6.45) is 0.743. The summed E-state index contributed by atoms with van der Waals surface area (Å²) in [4.78, 5) is 0.833. The van der Waals surface area contributed by atoms with Gasteiger partial charge in [0.25, 0.3) is 0 Å². The number of hydrogen-bond donors (Lipinski definition) is 1. The van der Waals surface area contributed by atoms with Crippen LogP contribution in [0, 0.1) is 5.82 Å². The van der Waals surface area contributed by atoms with Gasteiger partial charge in [-0.15, -0.1) is 5.10 Å². The molecule has 2 rings (SSSR count). The number of rotatable bonds is 3. The molecule has 0 bridgehead atoms. The molecule has 0 saturated heterocycles. The molecule has 1 atom stereocenters. The zero-order valence-electron chi connectivity index (χ0n) is 9.15. The molecule has 0 aliphatic rings. The molecule has 6 heteroatoms. The second-order valence-electron chi connectivity index (χ2n) is 3.58. The molecule has 1 aromatic carbocycles. The summed E-state index contributed by atoms with van der Waals surface area (Å²) in [6, 6.07) is 3.69. The Morgan fingerprint density at radius 1 is 1.53 bits per heavy atom. The Morgan fingerprint density at radius 2 is 2.29 bits per heavy atom. The Morgan fingerprint density at radius 3 is 3.00 bits per heavy atom. The Hall–Kier alpha value is -1.04. The molecule has 0 saturated carbocycles. The van der Waals surface area contributed by atoms with Crippen molar-refractivity contribution in [3.05, 3.63) is 45.2 Å². The van der Waals surface area contributed by atoms with E-state index in [1.807, 2.05) is 6.92 Å². The van der Waals surface area contributed by atoms with Crippen LogP contribution in [0.5, 0.6) is 0 Å². The van der Waals surface area contributed by atoms with Gasteiger partial charge in [0.2, 0.25) is 0 Å². The van der Waals surface area contributed by atoms with Gasteiger partial charge in [0, 0.05) is 5.02 Å². The van der Waals surface area contributed by atoms with Crippen molar-refractivity contribution in [2.24, 2.45) is 5.73 Å². The van der Waals surface area contributed by atoms with E-state index < -0.39 is 6.04 Å². The van der Waals surface area contributed by atoms with Crippen molar-refractivity contribution in [1.29, 1.82) is 0 Å². The van der Waals surface area contributed by atoms with Crippen LogP contribution in [0.3, 0.4) is 0 Å². The third kappa shape index (κ3) is 2.46. The van der Waals surface area contributed by atoms with Crippen LogP contribution < -0.4 is 5.73 Å². The highest BCUT2D eigenvalue weighted by Crippen LogP contribution is 2.30. The van der Waals surface area contributed by atoms with Crippen LogP contribution in [-0.2, 0) is 6.42 Å². The lowest BCUT2D eigenvalue weighted by Gasteiger charge is -2.12. The normalized spacial score (nSPS) is 12.7. The Balaban J connectivity index is 2.43. The van der Waals surface area contributed by atoms with Crippen molar-refractivity contribution in [1.82, 2.24) is 9.59 Å². The molecule has 3 nitrogen and oxygen atoms in total. The SMILES string of the molecule is CCc1nnsc1C(N)c1cc(F)ccc1Cl. The standard InChI is InChI=1S/C11H11ClFN3S/c1-2-9-11(17-16-15-9)10(14)7-5-6(13)3-4-8(7)12/h3-5,10H,2,14H2,1H3. The van der Waals surface area contributed by atoms with Crippen LogP contribution >= 0.6 is 23.1 Å². The monoisotopic (exact) mass is 271 g/mol. The molecule has 2 aromatic rings. The third-order valence-electron chi connectivity index (χ3n) is 2.50. The zero-order valence-corrected chi connectivity index (χ0v) is 10.7. The smallest absolute Gasteiger partial charge is 0.123 e. The summed E-state index contributed by atoms with van der Waals surface area (Å²) in [5.74, 6) is -0.352. The summed E-state index contributed by atoms with van der Waals surface area (Å²) in [5, 5.41) is 4.44. The number of benzene rings is 1. The maximum atomic E-state index is 13.2. The van der Waals surface area contributed by atoms with Crippen LogP contribution in [0.2, 0.25) is 5.02 Å². The minimum absolute atomic E-state index is 0.352. The Kier molecular flexibility index (Phi) is 3.71. The fourth-order valence-electron chi connectivity index (χ4n) is 1.59. The summed E-state index contributed by atoms with van der Waals surface area (Å²) in [7, 11) is 0. The lowest BCUT2D eigenvalue weighted by molar-refractivity contribution is 0.623. The van der Waals surface area contributed by atoms with Gasteiger partial charge in [0.15, 0.2) is 0 Å².